The Bertz CT molecular complexity index is 524. The molecular weight excluding hydrogens is 244 g/mol. The number of hydrogen-bond donors (Lipinski definition) is 2. The molecule has 0 spiro atoms. The van der Waals surface area contributed by atoms with Gasteiger partial charge in [-0.05, 0) is 37.1 Å². The van der Waals surface area contributed by atoms with E-state index in [0.29, 0.717) is 16.7 Å². The third kappa shape index (κ3) is 2.25. The van der Waals surface area contributed by atoms with Gasteiger partial charge in [-0.3, -0.25) is 3.97 Å². The Kier molecular flexibility index (Phi) is 2.98. The van der Waals surface area contributed by atoms with E-state index in [-0.39, 0.29) is 0 Å². The Labute approximate surface area is 103 Å². The third-order valence-corrected chi connectivity index (χ3v) is 3.44. The lowest BCUT2D eigenvalue weighted by Crippen LogP contribution is -1.95. The van der Waals surface area contributed by atoms with Gasteiger partial charge in [-0.15, -0.1) is 0 Å². The molecule has 0 fully saturated rings. The van der Waals surface area contributed by atoms with E-state index in [1.54, 1.807) is 16.1 Å². The third-order valence-electron chi connectivity index (χ3n) is 1.97. The van der Waals surface area contributed by atoms with Crippen molar-refractivity contribution in [2.24, 2.45) is 0 Å². The molecule has 0 saturated heterocycles. The number of aryl methyl sites for hydroxylation is 1. The molecule has 1 heterocycles. The maximum Gasteiger partial charge on any atom is 0.211 e. The standard InChI is InChI=1S/C10H11ClN4S/c1-6-5-15(10(13)14-6)16-9-3-2-7(12)4-8(9)11/h2-5H,12H2,1H3,(H2,13,14). The molecule has 0 amide bonds. The second-order valence-electron chi connectivity index (χ2n) is 3.35. The highest BCUT2D eigenvalue weighted by Gasteiger charge is 2.06. The number of aromatic nitrogens is 2. The molecule has 0 aliphatic heterocycles. The normalized spacial score (nSPS) is 10.6. The molecule has 0 bridgehead atoms. The molecule has 0 atom stereocenters. The van der Waals surface area contributed by atoms with E-state index in [1.165, 1.54) is 11.9 Å². The van der Waals surface area contributed by atoms with Gasteiger partial charge in [0.1, 0.15) is 0 Å². The molecule has 0 radical (unpaired) electrons. The van der Waals surface area contributed by atoms with Gasteiger partial charge in [0.15, 0.2) is 0 Å². The molecule has 84 valence electrons. The molecule has 2 rings (SSSR count). The van der Waals surface area contributed by atoms with Crippen molar-refractivity contribution in [3.05, 3.63) is 35.1 Å². The van der Waals surface area contributed by atoms with Crippen molar-refractivity contribution in [1.29, 1.82) is 0 Å². The molecule has 2 aromatic rings. The second-order valence-corrected chi connectivity index (χ2v) is 4.77. The van der Waals surface area contributed by atoms with Gasteiger partial charge in [0.25, 0.3) is 0 Å². The van der Waals surface area contributed by atoms with Crippen LogP contribution in [0.25, 0.3) is 0 Å². The van der Waals surface area contributed by atoms with Crippen molar-refractivity contribution in [2.75, 3.05) is 11.5 Å². The zero-order valence-electron chi connectivity index (χ0n) is 8.64. The van der Waals surface area contributed by atoms with Crippen molar-refractivity contribution in [2.45, 2.75) is 11.8 Å². The molecule has 1 aromatic heterocycles. The summed E-state index contributed by atoms with van der Waals surface area (Å²) in [5, 5.41) is 0.607. The van der Waals surface area contributed by atoms with Gasteiger partial charge in [0.2, 0.25) is 5.95 Å². The summed E-state index contributed by atoms with van der Waals surface area (Å²) >= 11 is 7.48. The Balaban J connectivity index is 2.30. The maximum absolute atomic E-state index is 6.06. The van der Waals surface area contributed by atoms with Crippen LogP contribution < -0.4 is 11.5 Å². The number of halogens is 1. The van der Waals surface area contributed by atoms with Gasteiger partial charge in [0.05, 0.1) is 10.7 Å². The van der Waals surface area contributed by atoms with Crippen LogP contribution in [0.2, 0.25) is 5.02 Å². The van der Waals surface area contributed by atoms with Gasteiger partial charge < -0.3 is 11.5 Å². The van der Waals surface area contributed by atoms with Crippen LogP contribution in [0.15, 0.2) is 29.3 Å². The van der Waals surface area contributed by atoms with Crippen LogP contribution >= 0.6 is 23.5 Å². The minimum atomic E-state index is 0.454. The molecule has 0 saturated carbocycles. The predicted molar refractivity (Wildman–Crippen MR) is 68.5 cm³/mol. The number of imidazole rings is 1. The first-order valence-electron chi connectivity index (χ1n) is 4.61. The Morgan fingerprint density at radius 3 is 2.69 bits per heavy atom. The fourth-order valence-electron chi connectivity index (χ4n) is 1.26. The number of nitrogens with zero attached hydrogens (tertiary/aromatic N) is 2. The summed E-state index contributed by atoms with van der Waals surface area (Å²) in [6.07, 6.45) is 1.85. The smallest absolute Gasteiger partial charge is 0.211 e. The van der Waals surface area contributed by atoms with Crippen molar-refractivity contribution in [1.82, 2.24) is 8.96 Å². The predicted octanol–water partition coefficient (Wildman–Crippen LogP) is 2.56. The topological polar surface area (TPSA) is 69.9 Å². The molecule has 0 aliphatic carbocycles. The molecule has 0 aliphatic rings. The summed E-state index contributed by atoms with van der Waals surface area (Å²) in [5.74, 6) is 0.454. The SMILES string of the molecule is Cc1cn(Sc2ccc(N)cc2Cl)c(N)n1. The lowest BCUT2D eigenvalue weighted by atomic mass is 10.3. The minimum Gasteiger partial charge on any atom is -0.399 e. The zero-order valence-corrected chi connectivity index (χ0v) is 10.2. The van der Waals surface area contributed by atoms with Crippen molar-refractivity contribution in [3.63, 3.8) is 0 Å². The molecule has 6 heteroatoms. The lowest BCUT2D eigenvalue weighted by molar-refractivity contribution is 1.23. The average molecular weight is 255 g/mol. The zero-order chi connectivity index (χ0) is 11.7. The van der Waals surface area contributed by atoms with Crippen molar-refractivity contribution < 1.29 is 0 Å². The molecule has 4 N–H and O–H groups in total. The highest BCUT2D eigenvalue weighted by Crippen LogP contribution is 2.31. The number of rotatable bonds is 2. The average Bonchev–Trinajstić information content (AvgIpc) is 2.50. The number of nitrogens with two attached hydrogens (primary N) is 2. The van der Waals surface area contributed by atoms with Gasteiger partial charge in [0, 0.05) is 16.8 Å². The number of benzene rings is 1. The van der Waals surface area contributed by atoms with Gasteiger partial charge in [-0.2, -0.15) is 0 Å². The van der Waals surface area contributed by atoms with E-state index in [0.717, 1.165) is 10.6 Å². The van der Waals surface area contributed by atoms with E-state index in [9.17, 15) is 0 Å². The monoisotopic (exact) mass is 254 g/mol. The van der Waals surface area contributed by atoms with Crippen LogP contribution in [0.1, 0.15) is 5.69 Å². The van der Waals surface area contributed by atoms with Gasteiger partial charge in [-0.1, -0.05) is 11.6 Å². The van der Waals surface area contributed by atoms with Crippen LogP contribution in [-0.4, -0.2) is 8.96 Å². The van der Waals surface area contributed by atoms with Gasteiger partial charge >= 0.3 is 0 Å². The Hall–Kier alpha value is -1.33. The summed E-state index contributed by atoms with van der Waals surface area (Å²) in [7, 11) is 0. The summed E-state index contributed by atoms with van der Waals surface area (Å²) in [5.41, 5.74) is 12.9. The van der Waals surface area contributed by atoms with E-state index in [1.807, 2.05) is 19.2 Å². The second kappa shape index (κ2) is 4.27. The first-order chi connectivity index (χ1) is 7.56. The Morgan fingerprint density at radius 1 is 1.38 bits per heavy atom. The summed E-state index contributed by atoms with van der Waals surface area (Å²) in [4.78, 5) is 5.00. The van der Waals surface area contributed by atoms with Crippen LogP contribution in [0, 0.1) is 6.92 Å². The summed E-state index contributed by atoms with van der Waals surface area (Å²) in [6, 6.07) is 5.37. The molecule has 16 heavy (non-hydrogen) atoms. The van der Waals surface area contributed by atoms with Crippen LogP contribution in [0.4, 0.5) is 11.6 Å². The summed E-state index contributed by atoms with van der Waals surface area (Å²) in [6.45, 7) is 1.89. The first-order valence-corrected chi connectivity index (χ1v) is 5.76. The van der Waals surface area contributed by atoms with Crippen molar-refractivity contribution >= 4 is 35.2 Å². The number of anilines is 2. The highest BCUT2D eigenvalue weighted by atomic mass is 35.5. The molecular formula is C10H11ClN4S. The quantitative estimate of drug-likeness (QED) is 0.808. The van der Waals surface area contributed by atoms with E-state index < -0.39 is 0 Å². The number of hydrogen-bond acceptors (Lipinski definition) is 4. The van der Waals surface area contributed by atoms with Crippen LogP contribution in [-0.2, 0) is 0 Å². The highest BCUT2D eigenvalue weighted by molar-refractivity contribution is 7.98. The lowest BCUT2D eigenvalue weighted by Gasteiger charge is -2.05. The van der Waals surface area contributed by atoms with E-state index >= 15 is 0 Å². The summed E-state index contributed by atoms with van der Waals surface area (Å²) < 4.78 is 1.77. The molecule has 1 aromatic carbocycles. The minimum absolute atomic E-state index is 0.454. The van der Waals surface area contributed by atoms with Crippen LogP contribution in [0.3, 0.4) is 0 Å². The number of nitrogen functional groups attached to an aromatic ring is 2. The van der Waals surface area contributed by atoms with E-state index in [4.69, 9.17) is 23.1 Å². The fraction of sp³-hybridized carbons (Fsp3) is 0.100. The van der Waals surface area contributed by atoms with E-state index in [2.05, 4.69) is 4.98 Å². The van der Waals surface area contributed by atoms with Crippen LogP contribution in [0.5, 0.6) is 0 Å². The first kappa shape index (κ1) is 11.2. The largest absolute Gasteiger partial charge is 0.399 e. The molecule has 4 nitrogen and oxygen atoms in total. The molecule has 0 unspecified atom stereocenters. The Morgan fingerprint density at radius 2 is 2.12 bits per heavy atom. The van der Waals surface area contributed by atoms with Gasteiger partial charge in [-0.25, -0.2) is 4.98 Å². The van der Waals surface area contributed by atoms with Crippen molar-refractivity contribution in [3.8, 4) is 0 Å². The maximum atomic E-state index is 6.06. The fourth-order valence-corrected chi connectivity index (χ4v) is 2.38.